The van der Waals surface area contributed by atoms with Crippen molar-refractivity contribution < 1.29 is 27.4 Å². The van der Waals surface area contributed by atoms with Crippen molar-refractivity contribution in [2.45, 2.75) is 77.0 Å². The summed E-state index contributed by atoms with van der Waals surface area (Å²) < 4.78 is 36.3. The van der Waals surface area contributed by atoms with Crippen LogP contribution in [0.25, 0.3) is 21.5 Å². The minimum atomic E-state index is -4.25. The summed E-state index contributed by atoms with van der Waals surface area (Å²) in [5.41, 5.74) is 6.67. The molecule has 8 heteroatoms. The van der Waals surface area contributed by atoms with E-state index in [0.717, 1.165) is 30.8 Å². The van der Waals surface area contributed by atoms with Crippen LogP contribution in [0.5, 0.6) is 0 Å². The van der Waals surface area contributed by atoms with E-state index in [1.807, 2.05) is 0 Å². The first-order chi connectivity index (χ1) is 24.3. The number of fused-ring (bicyclic) bond motifs is 6. The first-order valence-corrected chi connectivity index (χ1v) is 19.6. The molecule has 2 aliphatic heterocycles. The largest absolute Gasteiger partial charge is 0.748 e. The van der Waals surface area contributed by atoms with Crippen LogP contribution in [0.2, 0.25) is 0 Å². The molecule has 0 atom stereocenters. The summed E-state index contributed by atoms with van der Waals surface area (Å²) in [6.07, 6.45) is 14.2. The Balaban J connectivity index is 1.31. The Morgan fingerprint density at radius 2 is 1.45 bits per heavy atom. The van der Waals surface area contributed by atoms with Crippen molar-refractivity contribution in [1.29, 1.82) is 0 Å². The minimum Gasteiger partial charge on any atom is -0.748 e. The molecule has 0 saturated heterocycles. The van der Waals surface area contributed by atoms with Crippen LogP contribution in [0.1, 0.15) is 77.3 Å². The van der Waals surface area contributed by atoms with Gasteiger partial charge in [-0.15, -0.1) is 0 Å². The molecule has 0 aliphatic carbocycles. The maximum atomic E-state index is 11.3. The standard InChI is InChI=1S/C43H48N2O5S/c1-42(2)37(44(28-14-6-9-23-39(46)47)35-26-24-31-17-10-12-19-33(31)40(35)42)21-7-5-8-22-38-43(3,4)41-34-20-13-11-18-32(34)25-27-36(41)45(38)29-15-16-30-51(48,49)50/h5,7-8,10-13,17-22,24-27H,6,9,14-16,23,28-30H2,1-4H3,(H-,46,47,48,49,50). The molecule has 2 heterocycles. The van der Waals surface area contributed by atoms with E-state index in [1.165, 1.54) is 44.1 Å². The average molecular weight is 705 g/mol. The van der Waals surface area contributed by atoms with Crippen LogP contribution in [0.15, 0.2) is 109 Å². The second kappa shape index (κ2) is 14.6. The number of unbranched alkanes of at least 4 members (excludes halogenated alkanes) is 3. The SMILES string of the molecule is CC1(C)C(/C=C/C=C/C=C2/N(CCCCS(=O)(=O)[O-])c3ccc4ccccc4c3C2(C)C)=[N+](CCCCCC(=O)O)c2ccc3ccccc3c21. The fraction of sp³-hybridized carbons (Fsp3) is 0.349. The van der Waals surface area contributed by atoms with E-state index in [0.29, 0.717) is 25.8 Å². The molecular formula is C43H48N2O5S. The average Bonchev–Trinajstić information content (AvgIpc) is 3.44. The number of benzene rings is 4. The van der Waals surface area contributed by atoms with Gasteiger partial charge in [-0.25, -0.2) is 8.42 Å². The van der Waals surface area contributed by atoms with Crippen molar-refractivity contribution in [3.63, 3.8) is 0 Å². The van der Waals surface area contributed by atoms with Crippen molar-refractivity contribution in [3.05, 3.63) is 120 Å². The molecule has 51 heavy (non-hydrogen) atoms. The number of aliphatic carboxylic acids is 1. The van der Waals surface area contributed by atoms with E-state index in [9.17, 15) is 17.8 Å². The highest BCUT2D eigenvalue weighted by Gasteiger charge is 2.45. The number of carboxylic acids is 1. The van der Waals surface area contributed by atoms with Gasteiger partial charge in [-0.1, -0.05) is 86.7 Å². The van der Waals surface area contributed by atoms with Crippen LogP contribution in [0.3, 0.4) is 0 Å². The topological polar surface area (TPSA) is 101 Å². The zero-order chi connectivity index (χ0) is 36.4. The van der Waals surface area contributed by atoms with Gasteiger partial charge in [0.15, 0.2) is 5.71 Å². The quantitative estimate of drug-likeness (QED) is 0.0608. The Labute approximate surface area is 302 Å². The summed E-state index contributed by atoms with van der Waals surface area (Å²) >= 11 is 0. The van der Waals surface area contributed by atoms with Gasteiger partial charge in [0, 0.05) is 59.6 Å². The fourth-order valence-corrected chi connectivity index (χ4v) is 8.74. The minimum absolute atomic E-state index is 0.196. The van der Waals surface area contributed by atoms with Gasteiger partial charge in [0.25, 0.3) is 0 Å². The van der Waals surface area contributed by atoms with Crippen molar-refractivity contribution in [3.8, 4) is 0 Å². The predicted molar refractivity (Wildman–Crippen MR) is 207 cm³/mol. The van der Waals surface area contributed by atoms with Gasteiger partial charge in [-0.05, 0) is 84.8 Å². The van der Waals surface area contributed by atoms with Crippen molar-refractivity contribution >= 4 is 54.7 Å². The number of allylic oxidation sites excluding steroid dienone is 6. The maximum absolute atomic E-state index is 11.3. The third-order valence-corrected chi connectivity index (χ3v) is 11.3. The Morgan fingerprint density at radius 1 is 0.784 bits per heavy atom. The number of hydrogen-bond acceptors (Lipinski definition) is 5. The molecule has 2 aliphatic rings. The number of carboxylic acid groups (broad SMARTS) is 1. The lowest BCUT2D eigenvalue weighted by molar-refractivity contribution is -0.438. The Bertz CT molecular complexity index is 2210. The van der Waals surface area contributed by atoms with Gasteiger partial charge in [0.2, 0.25) is 5.69 Å². The van der Waals surface area contributed by atoms with Crippen LogP contribution in [-0.4, -0.2) is 53.2 Å². The van der Waals surface area contributed by atoms with E-state index >= 15 is 0 Å². The number of carbonyl (C=O) groups is 1. The molecular weight excluding hydrogens is 657 g/mol. The number of nitrogens with zero attached hydrogens (tertiary/aromatic N) is 2. The van der Waals surface area contributed by atoms with E-state index < -0.39 is 16.1 Å². The van der Waals surface area contributed by atoms with Gasteiger partial charge in [-0.2, -0.15) is 4.58 Å². The van der Waals surface area contributed by atoms with Gasteiger partial charge >= 0.3 is 5.97 Å². The highest BCUT2D eigenvalue weighted by Crippen LogP contribution is 2.51. The molecule has 0 bridgehead atoms. The van der Waals surface area contributed by atoms with Crippen LogP contribution < -0.4 is 4.90 Å². The first kappa shape index (κ1) is 36.3. The molecule has 4 aromatic rings. The van der Waals surface area contributed by atoms with E-state index in [1.54, 1.807) is 0 Å². The first-order valence-electron chi connectivity index (χ1n) is 18.0. The number of rotatable bonds is 14. The third kappa shape index (κ3) is 7.44. The number of hydrogen-bond donors (Lipinski definition) is 1. The summed E-state index contributed by atoms with van der Waals surface area (Å²) in [6, 6.07) is 25.7. The molecule has 6 rings (SSSR count). The van der Waals surface area contributed by atoms with Crippen LogP contribution in [-0.2, 0) is 25.7 Å². The van der Waals surface area contributed by atoms with Crippen LogP contribution in [0, 0.1) is 0 Å². The fourth-order valence-electron chi connectivity index (χ4n) is 8.18. The van der Waals surface area contributed by atoms with E-state index in [2.05, 4.69) is 140 Å². The van der Waals surface area contributed by atoms with Gasteiger partial charge in [-0.3, -0.25) is 4.79 Å². The molecule has 0 aromatic heterocycles. The normalized spacial score (nSPS) is 17.4. The second-order valence-electron chi connectivity index (χ2n) is 14.8. The maximum Gasteiger partial charge on any atom is 0.303 e. The predicted octanol–water partition coefficient (Wildman–Crippen LogP) is 9.13. The number of anilines is 1. The zero-order valence-corrected chi connectivity index (χ0v) is 30.9. The molecule has 0 spiro atoms. The molecule has 0 radical (unpaired) electrons. The zero-order valence-electron chi connectivity index (χ0n) is 30.1. The summed E-state index contributed by atoms with van der Waals surface area (Å²) in [5.74, 6) is -1.10. The summed E-state index contributed by atoms with van der Waals surface area (Å²) in [7, 11) is -4.25. The van der Waals surface area contributed by atoms with Crippen LogP contribution in [0.4, 0.5) is 11.4 Å². The second-order valence-corrected chi connectivity index (χ2v) is 16.3. The van der Waals surface area contributed by atoms with Crippen molar-refractivity contribution in [1.82, 2.24) is 0 Å². The Kier molecular flexibility index (Phi) is 10.4. The van der Waals surface area contributed by atoms with Gasteiger partial charge in [0.1, 0.15) is 6.54 Å². The molecule has 0 fully saturated rings. The Hall–Kier alpha value is -4.53. The monoisotopic (exact) mass is 704 g/mol. The molecule has 266 valence electrons. The molecule has 4 aromatic carbocycles. The highest BCUT2D eigenvalue weighted by molar-refractivity contribution is 7.85. The van der Waals surface area contributed by atoms with Crippen molar-refractivity contribution in [2.24, 2.45) is 0 Å². The van der Waals surface area contributed by atoms with Gasteiger partial charge < -0.3 is 14.6 Å². The summed E-state index contributed by atoms with van der Waals surface area (Å²) in [6.45, 7) is 10.5. The Morgan fingerprint density at radius 3 is 2.14 bits per heavy atom. The van der Waals surface area contributed by atoms with Gasteiger partial charge in [0.05, 0.1) is 15.5 Å². The third-order valence-electron chi connectivity index (χ3n) is 10.5. The van der Waals surface area contributed by atoms with Crippen LogP contribution >= 0.6 is 0 Å². The van der Waals surface area contributed by atoms with Crippen molar-refractivity contribution in [2.75, 3.05) is 23.7 Å². The molecule has 0 saturated carbocycles. The smallest absolute Gasteiger partial charge is 0.303 e. The molecule has 0 amide bonds. The lowest BCUT2D eigenvalue weighted by atomic mass is 9.79. The summed E-state index contributed by atoms with van der Waals surface area (Å²) in [5, 5.41) is 14.0. The molecule has 0 unspecified atom stereocenters. The molecule has 1 N–H and O–H groups in total. The highest BCUT2D eigenvalue weighted by atomic mass is 32.2. The van der Waals surface area contributed by atoms with E-state index in [-0.39, 0.29) is 23.0 Å². The van der Waals surface area contributed by atoms with E-state index in [4.69, 9.17) is 5.11 Å². The molecule has 7 nitrogen and oxygen atoms in total. The summed E-state index contributed by atoms with van der Waals surface area (Å²) in [4.78, 5) is 13.4. The lowest BCUT2D eigenvalue weighted by Crippen LogP contribution is -2.28. The lowest BCUT2D eigenvalue weighted by Gasteiger charge is -2.27.